The molecule has 21 heavy (non-hydrogen) atoms. The molecule has 0 aliphatic rings. The van der Waals surface area contributed by atoms with Gasteiger partial charge in [-0.2, -0.15) is 0 Å². The van der Waals surface area contributed by atoms with Gasteiger partial charge in [0.15, 0.2) is 0 Å². The van der Waals surface area contributed by atoms with E-state index >= 15 is 0 Å². The van der Waals surface area contributed by atoms with Crippen LogP contribution < -0.4 is 10.1 Å². The van der Waals surface area contributed by atoms with E-state index in [1.165, 1.54) is 5.56 Å². The minimum Gasteiger partial charge on any atom is -0.480 e. The minimum absolute atomic E-state index is 0.525. The summed E-state index contributed by atoms with van der Waals surface area (Å²) in [6, 6.07) is 14.5. The Morgan fingerprint density at radius 3 is 2.10 bits per heavy atom. The lowest BCUT2D eigenvalue weighted by Crippen LogP contribution is -2.28. The van der Waals surface area contributed by atoms with E-state index in [4.69, 9.17) is 9.84 Å². The first-order chi connectivity index (χ1) is 10.1. The van der Waals surface area contributed by atoms with Crippen LogP contribution in [0.2, 0.25) is 0 Å². The lowest BCUT2D eigenvalue weighted by atomic mass is 10.2. The third-order valence-corrected chi connectivity index (χ3v) is 3.16. The van der Waals surface area contributed by atoms with Crippen LogP contribution in [0, 0.1) is 6.92 Å². The average molecular weight is 285 g/mol. The fourth-order valence-electron chi connectivity index (χ4n) is 1.90. The molecule has 4 nitrogen and oxygen atoms in total. The van der Waals surface area contributed by atoms with Crippen molar-refractivity contribution < 1.29 is 14.6 Å². The van der Waals surface area contributed by atoms with Crippen molar-refractivity contribution in [3.8, 4) is 11.5 Å². The third-order valence-electron chi connectivity index (χ3n) is 3.16. The summed E-state index contributed by atoms with van der Waals surface area (Å²) in [5.74, 6) is 0.642. The SMILES string of the molecule is CC[C@@H](Nc1ccc(Oc2ccc(C)cc2)cc1)C(=O)O. The molecule has 0 saturated carbocycles. The van der Waals surface area contributed by atoms with E-state index < -0.39 is 12.0 Å². The number of rotatable bonds is 6. The highest BCUT2D eigenvalue weighted by molar-refractivity contribution is 5.77. The highest BCUT2D eigenvalue weighted by atomic mass is 16.5. The molecule has 0 amide bonds. The van der Waals surface area contributed by atoms with Crippen molar-refractivity contribution in [1.29, 1.82) is 0 Å². The Balaban J connectivity index is 2.01. The molecule has 0 aliphatic heterocycles. The fourth-order valence-corrected chi connectivity index (χ4v) is 1.90. The maximum atomic E-state index is 11.0. The molecule has 0 unspecified atom stereocenters. The predicted octanol–water partition coefficient (Wildman–Crippen LogP) is 4.06. The van der Waals surface area contributed by atoms with Gasteiger partial charge in [0.1, 0.15) is 17.5 Å². The van der Waals surface area contributed by atoms with Crippen LogP contribution in [-0.4, -0.2) is 17.1 Å². The molecule has 110 valence electrons. The highest BCUT2D eigenvalue weighted by Gasteiger charge is 2.13. The van der Waals surface area contributed by atoms with Crippen molar-refractivity contribution in [2.24, 2.45) is 0 Å². The first-order valence-electron chi connectivity index (χ1n) is 6.92. The molecule has 2 rings (SSSR count). The monoisotopic (exact) mass is 285 g/mol. The Kier molecular flexibility index (Phi) is 4.82. The maximum absolute atomic E-state index is 11.0. The number of carboxylic acids is 1. The molecular formula is C17H19NO3. The highest BCUT2D eigenvalue weighted by Crippen LogP contribution is 2.23. The lowest BCUT2D eigenvalue weighted by molar-refractivity contribution is -0.137. The van der Waals surface area contributed by atoms with Crippen molar-refractivity contribution in [3.05, 3.63) is 54.1 Å². The average Bonchev–Trinajstić information content (AvgIpc) is 2.48. The molecule has 2 N–H and O–H groups in total. The van der Waals surface area contributed by atoms with Crippen LogP contribution in [0.5, 0.6) is 11.5 Å². The number of anilines is 1. The molecule has 0 saturated heterocycles. The number of nitrogens with one attached hydrogen (secondary N) is 1. The number of aliphatic carboxylic acids is 1. The van der Waals surface area contributed by atoms with Crippen molar-refractivity contribution in [2.75, 3.05) is 5.32 Å². The molecule has 1 atom stereocenters. The standard InChI is InChI=1S/C17H19NO3/c1-3-16(17(19)20)18-13-6-10-15(11-7-13)21-14-8-4-12(2)5-9-14/h4-11,16,18H,3H2,1-2H3,(H,19,20)/t16-/m1/s1. The maximum Gasteiger partial charge on any atom is 0.326 e. The summed E-state index contributed by atoms with van der Waals surface area (Å²) in [5, 5.41) is 12.0. The van der Waals surface area contributed by atoms with E-state index in [0.29, 0.717) is 12.2 Å². The van der Waals surface area contributed by atoms with Gasteiger partial charge in [0.05, 0.1) is 0 Å². The fraction of sp³-hybridized carbons (Fsp3) is 0.235. The summed E-state index contributed by atoms with van der Waals surface area (Å²) < 4.78 is 5.72. The number of aryl methyl sites for hydroxylation is 1. The first kappa shape index (κ1) is 14.9. The van der Waals surface area contributed by atoms with Crippen LogP contribution in [0.15, 0.2) is 48.5 Å². The Bertz CT molecular complexity index is 590. The third kappa shape index (κ3) is 4.24. The van der Waals surface area contributed by atoms with Gasteiger partial charge in [-0.25, -0.2) is 4.79 Å². The number of ether oxygens (including phenoxy) is 1. The quantitative estimate of drug-likeness (QED) is 0.840. The van der Waals surface area contributed by atoms with Crippen LogP contribution in [-0.2, 0) is 4.79 Å². The second-order valence-corrected chi connectivity index (χ2v) is 4.88. The predicted molar refractivity (Wildman–Crippen MR) is 83.0 cm³/mol. The first-order valence-corrected chi connectivity index (χ1v) is 6.92. The molecule has 4 heteroatoms. The summed E-state index contributed by atoms with van der Waals surface area (Å²) in [4.78, 5) is 11.0. The summed E-state index contributed by atoms with van der Waals surface area (Å²) in [7, 11) is 0. The molecule has 2 aromatic carbocycles. The van der Waals surface area contributed by atoms with Gasteiger partial charge in [-0.15, -0.1) is 0 Å². The molecule has 0 bridgehead atoms. The Labute approximate surface area is 124 Å². The Morgan fingerprint density at radius 1 is 1.10 bits per heavy atom. The van der Waals surface area contributed by atoms with Gasteiger partial charge in [-0.05, 0) is 49.7 Å². The van der Waals surface area contributed by atoms with Gasteiger partial charge >= 0.3 is 5.97 Å². The minimum atomic E-state index is -0.850. The van der Waals surface area contributed by atoms with E-state index in [-0.39, 0.29) is 0 Å². The summed E-state index contributed by atoms with van der Waals surface area (Å²) >= 11 is 0. The lowest BCUT2D eigenvalue weighted by Gasteiger charge is -2.14. The van der Waals surface area contributed by atoms with Gasteiger partial charge in [-0.3, -0.25) is 0 Å². The molecule has 0 heterocycles. The van der Waals surface area contributed by atoms with E-state index in [2.05, 4.69) is 5.32 Å². The van der Waals surface area contributed by atoms with E-state index in [9.17, 15) is 4.79 Å². The largest absolute Gasteiger partial charge is 0.480 e. The van der Waals surface area contributed by atoms with Gasteiger partial charge < -0.3 is 15.2 Å². The second kappa shape index (κ2) is 6.79. The van der Waals surface area contributed by atoms with Crippen molar-refractivity contribution >= 4 is 11.7 Å². The number of hydrogen-bond donors (Lipinski definition) is 2. The number of carboxylic acid groups (broad SMARTS) is 1. The molecule has 2 aromatic rings. The van der Waals surface area contributed by atoms with Crippen LogP contribution in [0.1, 0.15) is 18.9 Å². The molecule has 0 fully saturated rings. The van der Waals surface area contributed by atoms with Crippen LogP contribution in [0.4, 0.5) is 5.69 Å². The number of carbonyl (C=O) groups is 1. The smallest absolute Gasteiger partial charge is 0.326 e. The molecule has 0 aromatic heterocycles. The normalized spacial score (nSPS) is 11.7. The molecule has 0 radical (unpaired) electrons. The second-order valence-electron chi connectivity index (χ2n) is 4.88. The van der Waals surface area contributed by atoms with E-state index in [0.717, 1.165) is 11.4 Å². The van der Waals surface area contributed by atoms with Crippen molar-refractivity contribution in [2.45, 2.75) is 26.3 Å². The molecule has 0 spiro atoms. The Morgan fingerprint density at radius 2 is 1.62 bits per heavy atom. The van der Waals surface area contributed by atoms with Crippen LogP contribution in [0.3, 0.4) is 0 Å². The zero-order valence-electron chi connectivity index (χ0n) is 12.2. The number of benzene rings is 2. The van der Waals surface area contributed by atoms with Gasteiger partial charge in [0.2, 0.25) is 0 Å². The van der Waals surface area contributed by atoms with Gasteiger partial charge in [-0.1, -0.05) is 24.6 Å². The molecule has 0 aliphatic carbocycles. The van der Waals surface area contributed by atoms with Crippen molar-refractivity contribution in [1.82, 2.24) is 0 Å². The summed E-state index contributed by atoms with van der Waals surface area (Å²) in [6.45, 7) is 3.86. The van der Waals surface area contributed by atoms with Crippen LogP contribution in [0.25, 0.3) is 0 Å². The summed E-state index contributed by atoms with van der Waals surface area (Å²) in [6.07, 6.45) is 0.525. The molecular weight excluding hydrogens is 266 g/mol. The van der Waals surface area contributed by atoms with E-state index in [1.54, 1.807) is 0 Å². The van der Waals surface area contributed by atoms with Gasteiger partial charge in [0.25, 0.3) is 0 Å². The summed E-state index contributed by atoms with van der Waals surface area (Å²) in [5.41, 5.74) is 1.95. The van der Waals surface area contributed by atoms with Crippen LogP contribution >= 0.6 is 0 Å². The zero-order valence-corrected chi connectivity index (χ0v) is 12.2. The van der Waals surface area contributed by atoms with Crippen molar-refractivity contribution in [3.63, 3.8) is 0 Å². The zero-order chi connectivity index (χ0) is 15.2. The number of hydrogen-bond acceptors (Lipinski definition) is 3. The Hall–Kier alpha value is -2.49. The van der Waals surface area contributed by atoms with E-state index in [1.807, 2.05) is 62.4 Å². The topological polar surface area (TPSA) is 58.6 Å². The van der Waals surface area contributed by atoms with Gasteiger partial charge in [0, 0.05) is 5.69 Å².